The van der Waals surface area contributed by atoms with Crippen LogP contribution in [0.25, 0.3) is 0 Å². The van der Waals surface area contributed by atoms with Crippen LogP contribution in [0.2, 0.25) is 10.0 Å². The molecule has 0 saturated heterocycles. The number of benzene rings is 2. The van der Waals surface area contributed by atoms with Crippen LogP contribution in [0.3, 0.4) is 0 Å². The molecule has 0 aliphatic rings. The molecule has 0 atom stereocenters. The van der Waals surface area contributed by atoms with E-state index in [1.54, 1.807) is 25.3 Å². The number of carbonyl (C=O) groups is 2. The highest BCUT2D eigenvalue weighted by molar-refractivity contribution is 6.35. The summed E-state index contributed by atoms with van der Waals surface area (Å²) in [6, 6.07) is 10.8. The normalized spacial score (nSPS) is 10.4. The number of nitrogens with one attached hydrogen (secondary N) is 1. The number of carbonyl (C=O) groups excluding carboxylic acids is 2. The molecule has 0 fully saturated rings. The predicted octanol–water partition coefficient (Wildman–Crippen LogP) is 3.76. The molecule has 1 amide bonds. The van der Waals surface area contributed by atoms with E-state index < -0.39 is 5.97 Å². The fourth-order valence-electron chi connectivity index (χ4n) is 2.51. The monoisotopic (exact) mass is 409 g/mol. The molecule has 0 heterocycles. The summed E-state index contributed by atoms with van der Waals surface area (Å²) in [6.07, 6.45) is 0.592. The van der Waals surface area contributed by atoms with Crippen molar-refractivity contribution in [3.63, 3.8) is 0 Å². The van der Waals surface area contributed by atoms with E-state index in [1.807, 2.05) is 25.1 Å². The van der Waals surface area contributed by atoms with Gasteiger partial charge in [-0.15, -0.1) is 0 Å². The summed E-state index contributed by atoms with van der Waals surface area (Å²) >= 11 is 11.9. The third-order valence-electron chi connectivity index (χ3n) is 3.87. The number of amides is 1. The first-order valence-electron chi connectivity index (χ1n) is 8.39. The second-order valence-corrected chi connectivity index (χ2v) is 6.83. The molecule has 0 aliphatic carbocycles. The van der Waals surface area contributed by atoms with Gasteiger partial charge in [0.2, 0.25) is 0 Å². The lowest BCUT2D eigenvalue weighted by Crippen LogP contribution is -2.30. The van der Waals surface area contributed by atoms with Crippen molar-refractivity contribution in [2.45, 2.75) is 19.8 Å². The zero-order valence-corrected chi connectivity index (χ0v) is 16.7. The smallest absolute Gasteiger partial charge is 0.310 e. The maximum Gasteiger partial charge on any atom is 0.310 e. The van der Waals surface area contributed by atoms with Gasteiger partial charge in [-0.1, -0.05) is 47.0 Å². The lowest BCUT2D eigenvalue weighted by molar-refractivity contribution is -0.147. The molecular weight excluding hydrogens is 389 g/mol. The van der Waals surface area contributed by atoms with Gasteiger partial charge in [0.05, 0.1) is 13.5 Å². The van der Waals surface area contributed by atoms with Crippen molar-refractivity contribution in [1.29, 1.82) is 0 Å². The zero-order valence-electron chi connectivity index (χ0n) is 15.2. The Labute approximate surface area is 168 Å². The van der Waals surface area contributed by atoms with Crippen molar-refractivity contribution in [3.8, 4) is 5.75 Å². The Kier molecular flexibility index (Phi) is 7.95. The number of methoxy groups -OCH3 is 1. The van der Waals surface area contributed by atoms with Gasteiger partial charge in [0.25, 0.3) is 5.91 Å². The van der Waals surface area contributed by atoms with Crippen LogP contribution in [-0.4, -0.2) is 32.1 Å². The molecule has 0 aliphatic heterocycles. The van der Waals surface area contributed by atoms with Crippen LogP contribution in [0, 0.1) is 6.92 Å². The third-order valence-corrected chi connectivity index (χ3v) is 4.45. The average molecular weight is 410 g/mol. The molecule has 0 saturated carbocycles. The second kappa shape index (κ2) is 10.2. The fourth-order valence-corrected chi connectivity index (χ4v) is 3.01. The second-order valence-electron chi connectivity index (χ2n) is 5.99. The quantitative estimate of drug-likeness (QED) is 0.674. The molecular formula is C20H21Cl2NO4. The molecule has 27 heavy (non-hydrogen) atoms. The van der Waals surface area contributed by atoms with Gasteiger partial charge in [0.15, 0.2) is 6.61 Å². The Balaban J connectivity index is 1.75. The van der Waals surface area contributed by atoms with E-state index in [1.165, 1.54) is 0 Å². The molecule has 2 aromatic carbocycles. The zero-order chi connectivity index (χ0) is 19.8. The number of halogens is 2. The van der Waals surface area contributed by atoms with Crippen molar-refractivity contribution in [3.05, 3.63) is 63.1 Å². The summed E-state index contributed by atoms with van der Waals surface area (Å²) in [5.41, 5.74) is 2.61. The van der Waals surface area contributed by atoms with Crippen LogP contribution in [0.1, 0.15) is 16.7 Å². The summed E-state index contributed by atoms with van der Waals surface area (Å²) < 4.78 is 10.3. The molecule has 144 valence electrons. The summed E-state index contributed by atoms with van der Waals surface area (Å²) in [4.78, 5) is 23.8. The molecule has 7 heteroatoms. The van der Waals surface area contributed by atoms with Gasteiger partial charge in [-0.3, -0.25) is 9.59 Å². The summed E-state index contributed by atoms with van der Waals surface area (Å²) in [5.74, 6) is -0.249. The number of rotatable bonds is 8. The summed E-state index contributed by atoms with van der Waals surface area (Å²) in [7, 11) is 1.54. The van der Waals surface area contributed by atoms with E-state index in [2.05, 4.69) is 5.32 Å². The Morgan fingerprint density at radius 1 is 1.07 bits per heavy atom. The van der Waals surface area contributed by atoms with Crippen molar-refractivity contribution in [1.82, 2.24) is 5.32 Å². The van der Waals surface area contributed by atoms with Gasteiger partial charge in [-0.25, -0.2) is 0 Å². The SMILES string of the molecule is COc1ccc(C)cc1CC(=O)OCC(=O)NCCc1ccc(Cl)cc1Cl. The fraction of sp³-hybridized carbons (Fsp3) is 0.300. The van der Waals surface area contributed by atoms with Gasteiger partial charge < -0.3 is 14.8 Å². The Bertz CT molecular complexity index is 824. The van der Waals surface area contributed by atoms with E-state index in [-0.39, 0.29) is 18.9 Å². The van der Waals surface area contributed by atoms with E-state index in [4.69, 9.17) is 32.7 Å². The molecule has 0 unspecified atom stereocenters. The predicted molar refractivity (Wildman–Crippen MR) is 106 cm³/mol. The van der Waals surface area contributed by atoms with Gasteiger partial charge in [-0.05, 0) is 37.1 Å². The molecule has 2 aromatic rings. The number of hydrogen-bond donors (Lipinski definition) is 1. The average Bonchev–Trinajstić information content (AvgIpc) is 2.62. The van der Waals surface area contributed by atoms with Gasteiger partial charge in [0.1, 0.15) is 5.75 Å². The minimum atomic E-state index is -0.491. The van der Waals surface area contributed by atoms with E-state index >= 15 is 0 Å². The van der Waals surface area contributed by atoms with Gasteiger partial charge in [-0.2, -0.15) is 0 Å². The Morgan fingerprint density at radius 3 is 2.56 bits per heavy atom. The Hall–Kier alpha value is -2.24. The van der Waals surface area contributed by atoms with Gasteiger partial charge in [0, 0.05) is 22.2 Å². The van der Waals surface area contributed by atoms with Crippen LogP contribution in [0.4, 0.5) is 0 Å². The number of esters is 1. The maximum absolute atomic E-state index is 12.0. The number of aryl methyl sites for hydroxylation is 1. The molecule has 2 rings (SSSR count). The van der Waals surface area contributed by atoms with Crippen LogP contribution >= 0.6 is 23.2 Å². The maximum atomic E-state index is 12.0. The molecule has 0 spiro atoms. The van der Waals surface area contributed by atoms with Crippen molar-refractivity contribution in [2.75, 3.05) is 20.3 Å². The first-order valence-corrected chi connectivity index (χ1v) is 9.14. The highest BCUT2D eigenvalue weighted by atomic mass is 35.5. The number of hydrogen-bond acceptors (Lipinski definition) is 4. The highest BCUT2D eigenvalue weighted by Gasteiger charge is 2.12. The van der Waals surface area contributed by atoms with Crippen molar-refractivity contribution < 1.29 is 19.1 Å². The standard InChI is InChI=1S/C20H21Cl2NO4/c1-13-3-6-18(26-2)15(9-13)10-20(25)27-12-19(24)23-8-7-14-4-5-16(21)11-17(14)22/h3-6,9,11H,7-8,10,12H2,1-2H3,(H,23,24). The molecule has 0 bridgehead atoms. The minimum absolute atomic E-state index is 0.0402. The van der Waals surface area contributed by atoms with Crippen LogP contribution in [0.5, 0.6) is 5.75 Å². The topological polar surface area (TPSA) is 64.6 Å². The van der Waals surface area contributed by atoms with Crippen molar-refractivity contribution >= 4 is 35.1 Å². The Morgan fingerprint density at radius 2 is 1.85 bits per heavy atom. The first kappa shape index (κ1) is 21.1. The van der Waals surface area contributed by atoms with Crippen LogP contribution in [0.15, 0.2) is 36.4 Å². The third kappa shape index (κ3) is 6.77. The summed E-state index contributed by atoms with van der Waals surface area (Å²) in [5, 5.41) is 3.80. The lowest BCUT2D eigenvalue weighted by Gasteiger charge is -2.10. The van der Waals surface area contributed by atoms with E-state index in [0.717, 1.165) is 16.7 Å². The van der Waals surface area contributed by atoms with Gasteiger partial charge >= 0.3 is 5.97 Å². The first-order chi connectivity index (χ1) is 12.9. The lowest BCUT2D eigenvalue weighted by atomic mass is 10.1. The highest BCUT2D eigenvalue weighted by Crippen LogP contribution is 2.21. The molecule has 0 radical (unpaired) electrons. The number of ether oxygens (including phenoxy) is 2. The van der Waals surface area contributed by atoms with E-state index in [0.29, 0.717) is 28.8 Å². The van der Waals surface area contributed by atoms with Crippen LogP contribution in [-0.2, 0) is 27.2 Å². The summed E-state index contributed by atoms with van der Waals surface area (Å²) in [6.45, 7) is 1.97. The largest absolute Gasteiger partial charge is 0.496 e. The minimum Gasteiger partial charge on any atom is -0.496 e. The molecule has 0 aromatic heterocycles. The molecule has 5 nitrogen and oxygen atoms in total. The molecule has 1 N–H and O–H groups in total. The van der Waals surface area contributed by atoms with Crippen molar-refractivity contribution in [2.24, 2.45) is 0 Å². The van der Waals surface area contributed by atoms with E-state index in [9.17, 15) is 9.59 Å². The van der Waals surface area contributed by atoms with Crippen LogP contribution < -0.4 is 10.1 Å².